The van der Waals surface area contributed by atoms with Crippen LogP contribution in [0, 0.1) is 0 Å². The third kappa shape index (κ3) is 1.93. The molecule has 0 N–H and O–H groups in total. The maximum Gasteiger partial charge on any atom is 0.270 e. The van der Waals surface area contributed by atoms with E-state index in [4.69, 9.17) is 4.74 Å². The molecule has 1 amide bonds. The van der Waals surface area contributed by atoms with E-state index in [1.807, 2.05) is 23.1 Å². The Morgan fingerprint density at radius 2 is 2.14 bits per heavy atom. The molecule has 0 spiro atoms. The Labute approximate surface area is 124 Å². The van der Waals surface area contributed by atoms with Gasteiger partial charge in [-0.05, 0) is 31.4 Å². The smallest absolute Gasteiger partial charge is 0.270 e. The molecule has 1 aromatic carbocycles. The van der Waals surface area contributed by atoms with Gasteiger partial charge in [-0.3, -0.25) is 4.79 Å². The number of rotatable bonds is 2. The second-order valence-electron chi connectivity index (χ2n) is 5.98. The number of benzene rings is 1. The van der Waals surface area contributed by atoms with Crippen LogP contribution in [-0.2, 0) is 6.54 Å². The number of ether oxygens (including phenoxy) is 1. The lowest BCUT2D eigenvalue weighted by Crippen LogP contribution is -2.33. The van der Waals surface area contributed by atoms with Gasteiger partial charge in [-0.1, -0.05) is 19.1 Å². The Hall–Kier alpha value is -1.97. The van der Waals surface area contributed by atoms with Crippen molar-refractivity contribution in [1.29, 1.82) is 0 Å². The molecule has 0 bridgehead atoms. The van der Waals surface area contributed by atoms with Crippen LogP contribution in [0.15, 0.2) is 24.3 Å². The van der Waals surface area contributed by atoms with E-state index >= 15 is 0 Å². The highest BCUT2D eigenvalue weighted by Gasteiger charge is 2.28. The van der Waals surface area contributed by atoms with Gasteiger partial charge in [-0.2, -0.15) is 0 Å². The Balaban J connectivity index is 1.84. The highest BCUT2D eigenvalue weighted by Crippen LogP contribution is 2.34. The van der Waals surface area contributed by atoms with Crippen LogP contribution in [0.3, 0.4) is 0 Å². The minimum absolute atomic E-state index is 0.153. The molecule has 3 heterocycles. The van der Waals surface area contributed by atoms with E-state index < -0.39 is 0 Å². The van der Waals surface area contributed by atoms with Crippen molar-refractivity contribution in [1.82, 2.24) is 9.47 Å². The number of carbonyl (C=O) groups excluding carboxylic acids is 1. The first-order valence-corrected chi connectivity index (χ1v) is 7.86. The zero-order chi connectivity index (χ0) is 14.4. The first-order chi connectivity index (χ1) is 10.3. The summed E-state index contributed by atoms with van der Waals surface area (Å²) < 4.78 is 8.20. The summed E-state index contributed by atoms with van der Waals surface area (Å²) in [7, 11) is 0. The molecule has 2 aliphatic heterocycles. The molecule has 1 unspecified atom stereocenters. The van der Waals surface area contributed by atoms with Crippen LogP contribution in [0.4, 0.5) is 0 Å². The van der Waals surface area contributed by atoms with Crippen molar-refractivity contribution in [3.05, 3.63) is 30.0 Å². The van der Waals surface area contributed by atoms with Crippen molar-refractivity contribution in [3.8, 4) is 5.75 Å². The molecule has 2 aromatic rings. The zero-order valence-electron chi connectivity index (χ0n) is 12.3. The molecule has 21 heavy (non-hydrogen) atoms. The molecule has 1 atom stereocenters. The average Bonchev–Trinajstić information content (AvgIpc) is 3.16. The summed E-state index contributed by atoms with van der Waals surface area (Å²) in [6.07, 6.45) is 3.35. The molecular formula is C17H20N2O2. The predicted molar refractivity (Wildman–Crippen MR) is 81.8 cm³/mol. The van der Waals surface area contributed by atoms with Gasteiger partial charge in [0, 0.05) is 18.5 Å². The summed E-state index contributed by atoms with van der Waals surface area (Å²) in [5, 5.41) is 1.10. The van der Waals surface area contributed by atoms with Gasteiger partial charge < -0.3 is 14.2 Å². The fraction of sp³-hybridized carbons (Fsp3) is 0.471. The summed E-state index contributed by atoms with van der Waals surface area (Å²) in [5.41, 5.74) is 1.89. The number of hydrogen-bond acceptors (Lipinski definition) is 2. The number of nitrogens with zero attached hydrogens (tertiary/aromatic N) is 2. The molecule has 4 rings (SSSR count). The van der Waals surface area contributed by atoms with Crippen molar-refractivity contribution in [2.24, 2.45) is 0 Å². The summed E-state index contributed by atoms with van der Waals surface area (Å²) in [5.74, 6) is 1.08. The van der Waals surface area contributed by atoms with Gasteiger partial charge in [0.05, 0.1) is 12.1 Å². The van der Waals surface area contributed by atoms with Gasteiger partial charge in [-0.15, -0.1) is 0 Å². The molecule has 1 fully saturated rings. The van der Waals surface area contributed by atoms with E-state index in [-0.39, 0.29) is 12.0 Å². The van der Waals surface area contributed by atoms with E-state index in [0.29, 0.717) is 0 Å². The second-order valence-corrected chi connectivity index (χ2v) is 5.98. The SMILES string of the molecule is CCC1Cn2c(C(=O)N3CCCC3)cc3cccc(c32)O1. The third-order valence-corrected chi connectivity index (χ3v) is 4.63. The van der Waals surface area contributed by atoms with Crippen LogP contribution in [0.5, 0.6) is 5.75 Å². The molecule has 0 aliphatic carbocycles. The predicted octanol–water partition coefficient (Wildman–Crippen LogP) is 3.05. The standard InChI is InChI=1S/C17H20N2O2/c1-2-13-11-19-14(17(20)18-8-3-4-9-18)10-12-6-5-7-15(21-13)16(12)19/h5-7,10,13H,2-4,8-9,11H2,1H3. The summed E-state index contributed by atoms with van der Waals surface area (Å²) in [6.45, 7) is 4.68. The average molecular weight is 284 g/mol. The van der Waals surface area contributed by atoms with E-state index in [9.17, 15) is 4.79 Å². The van der Waals surface area contributed by atoms with Gasteiger partial charge in [0.25, 0.3) is 5.91 Å². The van der Waals surface area contributed by atoms with Crippen molar-refractivity contribution in [2.75, 3.05) is 13.1 Å². The maximum atomic E-state index is 12.8. The minimum atomic E-state index is 0.153. The molecule has 1 saturated heterocycles. The summed E-state index contributed by atoms with van der Waals surface area (Å²) in [6, 6.07) is 8.10. The Morgan fingerprint density at radius 3 is 2.90 bits per heavy atom. The van der Waals surface area contributed by atoms with Gasteiger partial charge in [0.1, 0.15) is 17.5 Å². The fourth-order valence-electron chi connectivity index (χ4n) is 3.47. The normalized spacial score (nSPS) is 20.8. The van der Waals surface area contributed by atoms with Crippen molar-refractivity contribution >= 4 is 16.8 Å². The van der Waals surface area contributed by atoms with Crippen LogP contribution in [-0.4, -0.2) is 34.6 Å². The monoisotopic (exact) mass is 284 g/mol. The third-order valence-electron chi connectivity index (χ3n) is 4.63. The largest absolute Gasteiger partial charge is 0.486 e. The van der Waals surface area contributed by atoms with E-state index in [2.05, 4.69) is 17.6 Å². The molecule has 0 saturated carbocycles. The Kier molecular flexibility index (Phi) is 2.91. The highest BCUT2D eigenvalue weighted by atomic mass is 16.5. The topological polar surface area (TPSA) is 34.5 Å². The molecule has 1 aromatic heterocycles. The number of hydrogen-bond donors (Lipinski definition) is 0. The zero-order valence-corrected chi connectivity index (χ0v) is 12.3. The van der Waals surface area contributed by atoms with Gasteiger partial charge in [0.2, 0.25) is 0 Å². The summed E-state index contributed by atoms with van der Waals surface area (Å²) in [4.78, 5) is 14.8. The minimum Gasteiger partial charge on any atom is -0.486 e. The van der Waals surface area contributed by atoms with Crippen LogP contribution in [0.25, 0.3) is 10.9 Å². The molecule has 4 heteroatoms. The number of likely N-dealkylation sites (tertiary alicyclic amines) is 1. The van der Waals surface area contributed by atoms with Gasteiger partial charge in [-0.25, -0.2) is 0 Å². The van der Waals surface area contributed by atoms with E-state index in [1.54, 1.807) is 0 Å². The van der Waals surface area contributed by atoms with Gasteiger partial charge in [0.15, 0.2) is 0 Å². The highest BCUT2D eigenvalue weighted by molar-refractivity contribution is 6.00. The molecule has 0 radical (unpaired) electrons. The first-order valence-electron chi connectivity index (χ1n) is 7.86. The molecule has 4 nitrogen and oxygen atoms in total. The fourth-order valence-corrected chi connectivity index (χ4v) is 3.47. The maximum absolute atomic E-state index is 12.8. The van der Waals surface area contributed by atoms with Gasteiger partial charge >= 0.3 is 0 Å². The van der Waals surface area contributed by atoms with Crippen LogP contribution >= 0.6 is 0 Å². The van der Waals surface area contributed by atoms with Crippen molar-refractivity contribution in [2.45, 2.75) is 38.8 Å². The molecule has 2 aliphatic rings. The first kappa shape index (κ1) is 12.7. The lowest BCUT2D eigenvalue weighted by molar-refractivity contribution is 0.0776. The van der Waals surface area contributed by atoms with Crippen LogP contribution in [0.2, 0.25) is 0 Å². The second kappa shape index (κ2) is 4.79. The number of para-hydroxylation sites is 1. The van der Waals surface area contributed by atoms with E-state index in [0.717, 1.165) is 61.2 Å². The number of aromatic nitrogens is 1. The lowest BCUT2D eigenvalue weighted by atomic mass is 10.2. The Bertz CT molecular complexity index is 698. The van der Waals surface area contributed by atoms with Crippen LogP contribution < -0.4 is 4.74 Å². The molecular weight excluding hydrogens is 264 g/mol. The number of amides is 1. The quantitative estimate of drug-likeness (QED) is 0.849. The van der Waals surface area contributed by atoms with Crippen molar-refractivity contribution < 1.29 is 9.53 Å². The van der Waals surface area contributed by atoms with Crippen molar-refractivity contribution in [3.63, 3.8) is 0 Å². The number of carbonyl (C=O) groups is 1. The van der Waals surface area contributed by atoms with E-state index in [1.165, 1.54) is 0 Å². The Morgan fingerprint density at radius 1 is 1.33 bits per heavy atom. The molecule has 110 valence electrons. The summed E-state index contributed by atoms with van der Waals surface area (Å²) >= 11 is 0. The van der Waals surface area contributed by atoms with Crippen LogP contribution in [0.1, 0.15) is 36.7 Å². The lowest BCUT2D eigenvalue weighted by Gasteiger charge is -2.27.